The molecule has 2 unspecified atom stereocenters. The first-order valence-electron chi connectivity index (χ1n) is 12.5. The number of carbonyl (C=O) groups excluding carboxylic acids is 2. The van der Waals surface area contributed by atoms with Crippen molar-refractivity contribution in [2.24, 2.45) is 5.41 Å². The summed E-state index contributed by atoms with van der Waals surface area (Å²) in [4.78, 5) is 40.0. The van der Waals surface area contributed by atoms with Crippen molar-refractivity contribution in [1.29, 1.82) is 0 Å². The fourth-order valence-electron chi connectivity index (χ4n) is 5.07. The number of aliphatic hydroxyl groups is 2. The molecule has 0 spiro atoms. The van der Waals surface area contributed by atoms with Crippen LogP contribution in [-0.2, 0) is 14.3 Å². The zero-order valence-corrected chi connectivity index (χ0v) is 21.8. The van der Waals surface area contributed by atoms with Crippen LogP contribution in [0.5, 0.6) is 0 Å². The Kier molecular flexibility index (Phi) is 8.84. The predicted molar refractivity (Wildman–Crippen MR) is 135 cm³/mol. The van der Waals surface area contributed by atoms with Gasteiger partial charge in [-0.25, -0.2) is 4.79 Å². The van der Waals surface area contributed by atoms with Crippen molar-refractivity contribution in [3.05, 3.63) is 35.4 Å². The van der Waals surface area contributed by atoms with E-state index < -0.39 is 53.2 Å². The number of nitrogens with zero attached hydrogens (tertiary/aromatic N) is 1. The zero-order valence-electron chi connectivity index (χ0n) is 21.8. The van der Waals surface area contributed by atoms with Gasteiger partial charge in [-0.3, -0.25) is 9.59 Å². The summed E-state index contributed by atoms with van der Waals surface area (Å²) >= 11 is 0. The molecule has 2 fully saturated rings. The maximum Gasteiger partial charge on any atom is 0.405 e. The lowest BCUT2D eigenvalue weighted by Crippen LogP contribution is -2.60. The Morgan fingerprint density at radius 3 is 2.32 bits per heavy atom. The van der Waals surface area contributed by atoms with Gasteiger partial charge in [0.15, 0.2) is 0 Å². The Morgan fingerprint density at radius 2 is 1.78 bits per heavy atom. The van der Waals surface area contributed by atoms with Gasteiger partial charge in [-0.1, -0.05) is 25.0 Å². The normalized spacial score (nSPS) is 22.8. The molecule has 202 valence electrons. The first-order chi connectivity index (χ1) is 17.4. The minimum absolute atomic E-state index is 0.000788. The molecule has 2 aliphatic heterocycles. The third-order valence-electron chi connectivity index (χ3n) is 7.22. The summed E-state index contributed by atoms with van der Waals surface area (Å²) < 4.78 is 5.40. The van der Waals surface area contributed by atoms with Crippen LogP contribution in [0.1, 0.15) is 64.1 Å². The number of ether oxygens (including phenoxy) is 1. The number of nitrogens with one attached hydrogen (secondary N) is 2. The fourth-order valence-corrected chi connectivity index (χ4v) is 5.07. The second kappa shape index (κ2) is 11.5. The first-order valence-corrected chi connectivity index (χ1v) is 12.5. The third kappa shape index (κ3) is 6.80. The van der Waals surface area contributed by atoms with Crippen molar-refractivity contribution in [1.82, 2.24) is 15.5 Å². The predicted octanol–water partition coefficient (Wildman–Crippen LogP) is 1.40. The molecule has 3 amide bonds. The Bertz CT molecular complexity index is 1050. The molecule has 0 aliphatic carbocycles. The van der Waals surface area contributed by atoms with Gasteiger partial charge in [0.2, 0.25) is 11.8 Å². The molecule has 2 aliphatic rings. The number of likely N-dealkylation sites (tertiary alicyclic amines) is 1. The lowest BCUT2D eigenvalue weighted by Gasteiger charge is -2.41. The smallest absolute Gasteiger partial charge is 0.405 e. The number of β-amino-alcohol motifs (C(OH)–C–C–N with tert-alkyl or cyclic N) is 1. The Labute approximate surface area is 217 Å². The number of rotatable bonds is 7. The minimum Gasteiger partial charge on any atom is -0.465 e. The molecule has 2 heterocycles. The number of hydrogen-bond acceptors (Lipinski definition) is 6. The number of hydrogen-bond donors (Lipinski definition) is 5. The van der Waals surface area contributed by atoms with Gasteiger partial charge < -0.3 is 35.6 Å². The van der Waals surface area contributed by atoms with Crippen LogP contribution in [-0.4, -0.2) is 81.7 Å². The number of carboxylic acid groups (broad SMARTS) is 1. The van der Waals surface area contributed by atoms with Crippen LogP contribution in [0.4, 0.5) is 4.79 Å². The summed E-state index contributed by atoms with van der Waals surface area (Å²) in [6.07, 6.45) is -1.35. The van der Waals surface area contributed by atoms with Crippen LogP contribution in [0.25, 0.3) is 0 Å². The quantitative estimate of drug-likeness (QED) is 0.345. The van der Waals surface area contributed by atoms with Gasteiger partial charge >= 0.3 is 6.09 Å². The highest BCUT2D eigenvalue weighted by Gasteiger charge is 2.48. The van der Waals surface area contributed by atoms with Crippen LogP contribution in [0.3, 0.4) is 0 Å². The molecule has 5 N–H and O–H groups in total. The SMILES string of the molecule is CC#Cc1ccc(C(NC(=O)[C@@H]2C[C@@H](O)CN2C(=O)C(NC(=O)O)C2(C)CCOCC2)C(C)(C)O)cc1. The molecular weight excluding hydrogens is 478 g/mol. The Morgan fingerprint density at radius 1 is 1.16 bits per heavy atom. The van der Waals surface area contributed by atoms with E-state index in [0.29, 0.717) is 31.6 Å². The minimum atomic E-state index is -1.34. The average Bonchev–Trinajstić information content (AvgIpc) is 3.23. The summed E-state index contributed by atoms with van der Waals surface area (Å²) in [6, 6.07) is 4.19. The topological polar surface area (TPSA) is 148 Å². The average molecular weight is 516 g/mol. The van der Waals surface area contributed by atoms with Crippen molar-refractivity contribution in [2.45, 2.75) is 76.8 Å². The molecule has 0 aromatic heterocycles. The highest BCUT2D eigenvalue weighted by Crippen LogP contribution is 2.36. The van der Waals surface area contributed by atoms with Crippen molar-refractivity contribution in [2.75, 3.05) is 19.8 Å². The molecule has 0 radical (unpaired) electrons. The van der Waals surface area contributed by atoms with Gasteiger partial charge in [-0.2, -0.15) is 0 Å². The number of carbonyl (C=O) groups is 3. The van der Waals surface area contributed by atoms with Gasteiger partial charge in [0.25, 0.3) is 0 Å². The molecule has 1 aromatic rings. The molecule has 1 aromatic carbocycles. The lowest BCUT2D eigenvalue weighted by atomic mass is 9.75. The largest absolute Gasteiger partial charge is 0.465 e. The second-order valence-corrected chi connectivity index (χ2v) is 10.6. The van der Waals surface area contributed by atoms with Gasteiger partial charge in [0, 0.05) is 37.2 Å². The van der Waals surface area contributed by atoms with E-state index in [1.165, 1.54) is 4.90 Å². The van der Waals surface area contributed by atoms with E-state index in [1.54, 1.807) is 45.0 Å². The summed E-state index contributed by atoms with van der Waals surface area (Å²) in [5, 5.41) is 35.9. The third-order valence-corrected chi connectivity index (χ3v) is 7.22. The van der Waals surface area contributed by atoms with E-state index in [0.717, 1.165) is 5.56 Å². The van der Waals surface area contributed by atoms with Crippen LogP contribution in [0.15, 0.2) is 24.3 Å². The highest BCUT2D eigenvalue weighted by molar-refractivity contribution is 5.92. The van der Waals surface area contributed by atoms with E-state index in [-0.39, 0.29) is 13.0 Å². The number of amides is 3. The fraction of sp³-hybridized carbons (Fsp3) is 0.593. The molecule has 37 heavy (non-hydrogen) atoms. The molecule has 10 heteroatoms. The van der Waals surface area contributed by atoms with Crippen molar-refractivity contribution in [3.63, 3.8) is 0 Å². The monoisotopic (exact) mass is 515 g/mol. The molecule has 2 saturated heterocycles. The molecule has 0 saturated carbocycles. The maximum absolute atomic E-state index is 13.7. The van der Waals surface area contributed by atoms with Gasteiger partial charge in [-0.05, 0) is 51.3 Å². The second-order valence-electron chi connectivity index (χ2n) is 10.6. The van der Waals surface area contributed by atoms with E-state index >= 15 is 0 Å². The number of aliphatic hydroxyl groups excluding tert-OH is 1. The molecule has 0 bridgehead atoms. The van der Waals surface area contributed by atoms with Crippen LogP contribution >= 0.6 is 0 Å². The van der Waals surface area contributed by atoms with Gasteiger partial charge in [0.05, 0.1) is 17.7 Å². The van der Waals surface area contributed by atoms with Crippen LogP contribution in [0, 0.1) is 17.3 Å². The van der Waals surface area contributed by atoms with Crippen LogP contribution in [0.2, 0.25) is 0 Å². The van der Waals surface area contributed by atoms with E-state index in [4.69, 9.17) is 4.74 Å². The summed E-state index contributed by atoms with van der Waals surface area (Å²) in [7, 11) is 0. The summed E-state index contributed by atoms with van der Waals surface area (Å²) in [5.41, 5.74) is -0.607. The molecule has 10 nitrogen and oxygen atoms in total. The Hall–Kier alpha value is -3.13. The summed E-state index contributed by atoms with van der Waals surface area (Å²) in [5.74, 6) is 4.66. The molecule has 3 rings (SSSR count). The standard InChI is InChI=1S/C27H37N3O7/c1-5-6-17-7-9-18(10-8-17)21(26(2,3)36)28-23(32)20-15-19(31)16-30(20)24(33)22(29-25(34)35)27(4)11-13-37-14-12-27/h7-10,19-22,29,31,36H,11-16H2,1-4H3,(H,28,32)(H,34,35)/t19-,20+,21?,22?/m1/s1. The van der Waals surface area contributed by atoms with E-state index in [1.807, 2.05) is 6.92 Å². The maximum atomic E-state index is 13.7. The van der Waals surface area contributed by atoms with Gasteiger partial charge in [-0.15, -0.1) is 5.92 Å². The van der Waals surface area contributed by atoms with E-state index in [2.05, 4.69) is 22.5 Å². The van der Waals surface area contributed by atoms with Crippen molar-refractivity contribution >= 4 is 17.9 Å². The highest BCUT2D eigenvalue weighted by atomic mass is 16.5. The lowest BCUT2D eigenvalue weighted by molar-refractivity contribution is -0.144. The zero-order chi connectivity index (χ0) is 27.4. The Balaban J connectivity index is 1.86. The first kappa shape index (κ1) is 28.4. The number of benzene rings is 1. The molecular formula is C27H37N3O7. The van der Waals surface area contributed by atoms with Gasteiger partial charge in [0.1, 0.15) is 12.1 Å². The summed E-state index contributed by atoms with van der Waals surface area (Å²) in [6.45, 7) is 7.39. The van der Waals surface area contributed by atoms with Crippen molar-refractivity contribution in [3.8, 4) is 11.8 Å². The van der Waals surface area contributed by atoms with E-state index in [9.17, 15) is 29.7 Å². The molecule has 4 atom stereocenters. The van der Waals surface area contributed by atoms with Crippen LogP contribution < -0.4 is 10.6 Å². The van der Waals surface area contributed by atoms with Crippen molar-refractivity contribution < 1.29 is 34.4 Å².